The van der Waals surface area contributed by atoms with Crippen LogP contribution in [-0.2, 0) is 28.8 Å². The average molecular weight is 816 g/mol. The lowest BCUT2D eigenvalue weighted by Gasteiger charge is -2.30. The van der Waals surface area contributed by atoms with Crippen LogP contribution in [0.3, 0.4) is 0 Å². The quantitative estimate of drug-likeness (QED) is 0.0764. The van der Waals surface area contributed by atoms with Crippen molar-refractivity contribution in [1.82, 2.24) is 14.7 Å². The predicted molar refractivity (Wildman–Crippen MR) is 206 cm³/mol. The molecule has 0 aromatic heterocycles. The Hall–Kier alpha value is -6.70. The van der Waals surface area contributed by atoms with Gasteiger partial charge in [0.1, 0.15) is 0 Å². The normalized spacial score (nSPS) is 11.2. The van der Waals surface area contributed by atoms with Gasteiger partial charge in [-0.1, -0.05) is 20.8 Å². The van der Waals surface area contributed by atoms with E-state index in [1.54, 1.807) is 36.4 Å². The number of rotatable bonds is 23. The van der Waals surface area contributed by atoms with Crippen molar-refractivity contribution in [3.05, 3.63) is 83.9 Å². The van der Waals surface area contributed by atoms with Gasteiger partial charge in [-0.25, -0.2) is 0 Å². The van der Waals surface area contributed by atoms with Gasteiger partial charge >= 0.3 is 0 Å². The van der Waals surface area contributed by atoms with E-state index in [1.807, 2.05) is 20.8 Å². The summed E-state index contributed by atoms with van der Waals surface area (Å²) in [5, 5.41) is 55.4. The molecule has 4 amide bonds. The molecule has 19 heteroatoms. The van der Waals surface area contributed by atoms with Crippen LogP contribution in [0, 0.1) is 5.41 Å². The Morgan fingerprint density at radius 1 is 0.424 bits per heavy atom. The Bertz CT molecular complexity index is 1890. The van der Waals surface area contributed by atoms with Crippen LogP contribution in [0.4, 0.5) is 22.7 Å². The van der Waals surface area contributed by atoms with E-state index in [0.29, 0.717) is 34.7 Å². The number of carboxylic acid groups (broad SMARTS) is 4. The first-order valence-corrected chi connectivity index (χ1v) is 18.2. The molecule has 3 rings (SSSR count). The van der Waals surface area contributed by atoms with Gasteiger partial charge in [-0.05, 0) is 78.2 Å². The minimum atomic E-state index is -1.55. The van der Waals surface area contributed by atoms with Crippen LogP contribution in [0.1, 0.15) is 47.9 Å². The highest BCUT2D eigenvalue weighted by Crippen LogP contribution is 2.21. The summed E-state index contributed by atoms with van der Waals surface area (Å²) >= 11 is 0. The second-order valence-electron chi connectivity index (χ2n) is 14.7. The molecule has 3 aromatic carbocycles. The SMILES string of the molecule is CC(C)(C)CC(=O)Nc1ccc(C(=O)Nc2ccc(C(=O)Nc3ccc(NC(=O)CN(CCN(CC(=O)[O-])CC(=O)[O-])CCN(CC(=O)[O-])CC(=O)[O-])cc3)cc2)cc1. The first-order valence-electron chi connectivity index (χ1n) is 18.2. The molecule has 0 unspecified atom stereocenters. The van der Waals surface area contributed by atoms with Crippen molar-refractivity contribution < 1.29 is 58.8 Å². The molecule has 316 valence electrons. The summed E-state index contributed by atoms with van der Waals surface area (Å²) in [6.45, 7) is 1.98. The Balaban J connectivity index is 1.57. The van der Waals surface area contributed by atoms with E-state index in [9.17, 15) is 58.8 Å². The van der Waals surface area contributed by atoms with Gasteiger partial charge in [0, 0.05) is 92.7 Å². The molecule has 0 saturated heterocycles. The van der Waals surface area contributed by atoms with Gasteiger partial charge in [0.2, 0.25) is 11.8 Å². The third kappa shape index (κ3) is 18.4. The third-order valence-corrected chi connectivity index (χ3v) is 8.20. The molecule has 19 nitrogen and oxygen atoms in total. The summed E-state index contributed by atoms with van der Waals surface area (Å²) in [4.78, 5) is 98.8. The Morgan fingerprint density at radius 3 is 1.03 bits per heavy atom. The number of nitrogens with zero attached hydrogens (tertiary/aromatic N) is 3. The molecule has 0 radical (unpaired) electrons. The summed E-state index contributed by atoms with van der Waals surface area (Å²) < 4.78 is 0. The van der Waals surface area contributed by atoms with Crippen molar-refractivity contribution in [1.29, 1.82) is 0 Å². The van der Waals surface area contributed by atoms with E-state index in [-0.39, 0.29) is 49.6 Å². The summed E-state index contributed by atoms with van der Waals surface area (Å²) in [6, 6.07) is 18.7. The largest absolute Gasteiger partial charge is 0.549 e. The molecule has 0 heterocycles. The zero-order valence-corrected chi connectivity index (χ0v) is 32.7. The van der Waals surface area contributed by atoms with Gasteiger partial charge in [0.05, 0.1) is 30.4 Å². The fourth-order valence-electron chi connectivity index (χ4n) is 5.54. The number of carbonyl (C=O) groups is 8. The number of anilines is 4. The zero-order valence-electron chi connectivity index (χ0n) is 32.7. The number of nitrogens with one attached hydrogen (secondary N) is 4. The summed E-state index contributed by atoms with van der Waals surface area (Å²) in [5.41, 5.74) is 2.18. The van der Waals surface area contributed by atoms with Crippen LogP contribution in [0.5, 0.6) is 0 Å². The van der Waals surface area contributed by atoms with Gasteiger partial charge in [0.25, 0.3) is 11.8 Å². The molecule has 0 bridgehead atoms. The van der Waals surface area contributed by atoms with Crippen LogP contribution in [0.25, 0.3) is 0 Å². The Kier molecular flexibility index (Phi) is 17.6. The van der Waals surface area contributed by atoms with Gasteiger partial charge in [-0.3, -0.25) is 33.9 Å². The molecule has 0 aliphatic carbocycles. The number of hydrogen-bond acceptors (Lipinski definition) is 15. The van der Waals surface area contributed by atoms with E-state index < -0.39 is 67.8 Å². The minimum absolute atomic E-state index is 0.0925. The van der Waals surface area contributed by atoms with E-state index >= 15 is 0 Å². The van der Waals surface area contributed by atoms with Crippen molar-refractivity contribution >= 4 is 70.3 Å². The number of carboxylic acids is 4. The van der Waals surface area contributed by atoms with Crippen LogP contribution in [-0.4, -0.2) is 121 Å². The van der Waals surface area contributed by atoms with Crippen LogP contribution < -0.4 is 41.7 Å². The molecular weight excluding hydrogens is 770 g/mol. The Labute approximate surface area is 340 Å². The molecule has 0 saturated carbocycles. The average Bonchev–Trinajstić information content (AvgIpc) is 3.12. The summed E-state index contributed by atoms with van der Waals surface area (Å²) in [5.74, 6) is -7.77. The molecule has 0 aliphatic heterocycles. The molecule has 0 spiro atoms. The first kappa shape index (κ1) is 46.7. The molecular formula is C40H45N7O12-4. The Morgan fingerprint density at radius 2 is 0.712 bits per heavy atom. The van der Waals surface area contributed by atoms with Crippen molar-refractivity contribution in [2.24, 2.45) is 5.41 Å². The summed E-state index contributed by atoms with van der Waals surface area (Å²) in [6.07, 6.45) is 0.342. The van der Waals surface area contributed by atoms with Gasteiger partial charge in [-0.2, -0.15) is 0 Å². The van der Waals surface area contributed by atoms with Crippen LogP contribution in [0.15, 0.2) is 72.8 Å². The number of carbonyl (C=O) groups excluding carboxylic acids is 8. The fourth-order valence-corrected chi connectivity index (χ4v) is 5.54. The second kappa shape index (κ2) is 22.3. The summed E-state index contributed by atoms with van der Waals surface area (Å²) in [7, 11) is 0. The van der Waals surface area contributed by atoms with E-state index in [1.165, 1.54) is 41.3 Å². The topological polar surface area (TPSA) is 287 Å². The molecule has 3 aromatic rings. The molecule has 0 aliphatic rings. The number of amides is 4. The molecule has 0 fully saturated rings. The van der Waals surface area contributed by atoms with Gasteiger partial charge < -0.3 is 60.9 Å². The molecule has 0 atom stereocenters. The van der Waals surface area contributed by atoms with Crippen LogP contribution in [0.2, 0.25) is 0 Å². The maximum absolute atomic E-state index is 13.0. The minimum Gasteiger partial charge on any atom is -0.549 e. The zero-order chi connectivity index (χ0) is 43.7. The highest BCUT2D eigenvalue weighted by molar-refractivity contribution is 6.06. The number of benzene rings is 3. The van der Waals surface area contributed by atoms with Gasteiger partial charge in [0.15, 0.2) is 0 Å². The lowest BCUT2D eigenvalue weighted by atomic mass is 9.92. The third-order valence-electron chi connectivity index (χ3n) is 8.20. The molecule has 4 N–H and O–H groups in total. The standard InChI is InChI=1S/C40H49N7O12/c1-40(2,3)20-32(48)41-28-8-4-26(5-9-28)38(58)43-30-10-6-27(7-11-30)39(59)44-31-14-12-29(13-15-31)42-33(49)21-45(16-18-46(22-34(50)51)23-35(52)53)17-19-47(24-36(54)55)25-37(56)57/h4-15H,16-25H2,1-3H3,(H,41,48)(H,42,49)(H,43,58)(H,44,59)(H,50,51)(H,52,53)(H,54,55)(H,56,57)/p-4. The monoisotopic (exact) mass is 815 g/mol. The maximum atomic E-state index is 13.0. The highest BCUT2D eigenvalue weighted by Gasteiger charge is 2.18. The van der Waals surface area contributed by atoms with E-state index in [2.05, 4.69) is 21.3 Å². The van der Waals surface area contributed by atoms with Gasteiger partial charge in [-0.15, -0.1) is 0 Å². The van der Waals surface area contributed by atoms with Crippen molar-refractivity contribution in [3.8, 4) is 0 Å². The number of aliphatic carboxylic acids is 4. The lowest BCUT2D eigenvalue weighted by Crippen LogP contribution is -2.50. The first-order chi connectivity index (χ1) is 27.7. The smallest absolute Gasteiger partial charge is 0.255 e. The van der Waals surface area contributed by atoms with Crippen LogP contribution >= 0.6 is 0 Å². The van der Waals surface area contributed by atoms with E-state index in [4.69, 9.17) is 0 Å². The highest BCUT2D eigenvalue weighted by atomic mass is 16.4. The van der Waals surface area contributed by atoms with E-state index in [0.717, 1.165) is 9.80 Å². The number of hydrogen-bond donors (Lipinski definition) is 4. The maximum Gasteiger partial charge on any atom is 0.255 e. The molecule has 59 heavy (non-hydrogen) atoms. The predicted octanol–water partition coefficient (Wildman–Crippen LogP) is -2.59. The van der Waals surface area contributed by atoms with Crippen molar-refractivity contribution in [2.75, 3.05) is 80.2 Å². The fraction of sp³-hybridized carbons (Fsp3) is 0.350. The van der Waals surface area contributed by atoms with Crippen molar-refractivity contribution in [3.63, 3.8) is 0 Å². The lowest BCUT2D eigenvalue weighted by molar-refractivity contribution is -0.312. The van der Waals surface area contributed by atoms with Crippen molar-refractivity contribution in [2.45, 2.75) is 27.2 Å². The second-order valence-corrected chi connectivity index (χ2v) is 14.7.